The number of hydrogen-bond donors (Lipinski definition) is 0. The Balaban J connectivity index is 1.68. The Morgan fingerprint density at radius 3 is 2.50 bits per heavy atom. The minimum Gasteiger partial charge on any atom is -0.372 e. The first-order valence-corrected chi connectivity index (χ1v) is 9.02. The second-order valence-electron chi connectivity index (χ2n) is 5.97. The van der Waals surface area contributed by atoms with Gasteiger partial charge in [-0.25, -0.2) is 4.98 Å². The van der Waals surface area contributed by atoms with Crippen molar-refractivity contribution in [3.05, 3.63) is 23.9 Å². The van der Waals surface area contributed by atoms with E-state index in [4.69, 9.17) is 4.74 Å². The van der Waals surface area contributed by atoms with Crippen LogP contribution in [0.25, 0.3) is 0 Å². The van der Waals surface area contributed by atoms with Gasteiger partial charge in [-0.1, -0.05) is 0 Å². The molecule has 1 amide bonds. The van der Waals surface area contributed by atoms with Crippen LogP contribution in [0.2, 0.25) is 0 Å². The Bertz CT molecular complexity index is 507. The zero-order valence-corrected chi connectivity index (χ0v) is 14.0. The number of amides is 1. The lowest BCUT2D eigenvalue weighted by Crippen LogP contribution is -2.45. The molecule has 0 aliphatic carbocycles. The lowest BCUT2D eigenvalue weighted by Gasteiger charge is -2.36. The fourth-order valence-electron chi connectivity index (χ4n) is 3.01. The van der Waals surface area contributed by atoms with Crippen molar-refractivity contribution in [2.45, 2.75) is 26.1 Å². The molecule has 5 nitrogen and oxygen atoms in total. The molecule has 2 fully saturated rings. The van der Waals surface area contributed by atoms with Gasteiger partial charge in [0.25, 0.3) is 5.91 Å². The first kappa shape index (κ1) is 15.6. The van der Waals surface area contributed by atoms with Crippen molar-refractivity contribution in [3.63, 3.8) is 0 Å². The van der Waals surface area contributed by atoms with E-state index < -0.39 is 0 Å². The fourth-order valence-corrected chi connectivity index (χ4v) is 3.92. The van der Waals surface area contributed by atoms with Crippen LogP contribution in [0.3, 0.4) is 0 Å². The number of aromatic nitrogens is 1. The van der Waals surface area contributed by atoms with Crippen molar-refractivity contribution in [1.82, 2.24) is 9.88 Å². The van der Waals surface area contributed by atoms with E-state index in [1.807, 2.05) is 28.8 Å². The number of carbonyl (C=O) groups excluding carboxylic acids is 1. The Morgan fingerprint density at radius 2 is 1.91 bits per heavy atom. The van der Waals surface area contributed by atoms with Gasteiger partial charge in [-0.15, -0.1) is 0 Å². The molecule has 120 valence electrons. The highest BCUT2D eigenvalue weighted by molar-refractivity contribution is 7.99. The lowest BCUT2D eigenvalue weighted by molar-refractivity contribution is -0.00546. The molecule has 2 saturated heterocycles. The van der Waals surface area contributed by atoms with E-state index in [1.165, 1.54) is 0 Å². The number of pyridine rings is 1. The Labute approximate surface area is 136 Å². The summed E-state index contributed by atoms with van der Waals surface area (Å²) in [5.41, 5.74) is 0.685. The van der Waals surface area contributed by atoms with Crippen LogP contribution >= 0.6 is 11.8 Å². The standard InChI is InChI=1S/C16H23N3O2S/c1-12-10-19(11-13(2)21-12)15-4-3-14(9-17-15)16(20)18-5-7-22-8-6-18/h3-4,9,12-13H,5-8,10-11H2,1-2H3/t12-,13-/m0/s1. The molecule has 22 heavy (non-hydrogen) atoms. The lowest BCUT2D eigenvalue weighted by atomic mass is 10.2. The summed E-state index contributed by atoms with van der Waals surface area (Å²) in [7, 11) is 0. The molecule has 2 atom stereocenters. The predicted octanol–water partition coefficient (Wildman–Crippen LogP) is 1.88. The van der Waals surface area contributed by atoms with Gasteiger partial charge in [-0.3, -0.25) is 4.79 Å². The maximum absolute atomic E-state index is 12.4. The van der Waals surface area contributed by atoms with Gasteiger partial charge >= 0.3 is 0 Å². The molecule has 2 aliphatic rings. The molecule has 0 aromatic carbocycles. The number of thioether (sulfide) groups is 1. The van der Waals surface area contributed by atoms with E-state index in [0.717, 1.165) is 43.5 Å². The van der Waals surface area contributed by atoms with Crippen LogP contribution in [0, 0.1) is 0 Å². The number of nitrogens with zero attached hydrogens (tertiary/aromatic N) is 3. The van der Waals surface area contributed by atoms with E-state index in [1.54, 1.807) is 6.20 Å². The number of morpholine rings is 1. The first-order valence-electron chi connectivity index (χ1n) is 7.87. The van der Waals surface area contributed by atoms with Crippen molar-refractivity contribution in [2.75, 3.05) is 42.6 Å². The molecule has 0 unspecified atom stereocenters. The highest BCUT2D eigenvalue weighted by Crippen LogP contribution is 2.19. The maximum Gasteiger partial charge on any atom is 0.255 e. The zero-order chi connectivity index (χ0) is 15.5. The SMILES string of the molecule is C[C@H]1CN(c2ccc(C(=O)N3CCSCC3)cn2)C[C@H](C)O1. The molecule has 0 saturated carbocycles. The number of carbonyl (C=O) groups is 1. The second kappa shape index (κ2) is 6.87. The van der Waals surface area contributed by atoms with Gasteiger partial charge in [-0.05, 0) is 26.0 Å². The Kier molecular flexibility index (Phi) is 4.88. The maximum atomic E-state index is 12.4. The molecule has 0 N–H and O–H groups in total. The van der Waals surface area contributed by atoms with Crippen molar-refractivity contribution in [2.24, 2.45) is 0 Å². The average molecular weight is 321 g/mol. The number of ether oxygens (including phenoxy) is 1. The van der Waals surface area contributed by atoms with Gasteiger partial charge in [-0.2, -0.15) is 11.8 Å². The molecule has 1 aromatic heterocycles. The third-order valence-electron chi connectivity index (χ3n) is 4.04. The number of hydrogen-bond acceptors (Lipinski definition) is 5. The molecule has 0 radical (unpaired) electrons. The van der Waals surface area contributed by atoms with Gasteiger partial charge in [0, 0.05) is 43.9 Å². The normalized spacial score (nSPS) is 26.1. The van der Waals surface area contributed by atoms with Crippen LogP contribution in [0.5, 0.6) is 0 Å². The summed E-state index contributed by atoms with van der Waals surface area (Å²) >= 11 is 1.90. The Morgan fingerprint density at radius 1 is 1.23 bits per heavy atom. The van der Waals surface area contributed by atoms with Gasteiger partial charge in [0.05, 0.1) is 17.8 Å². The summed E-state index contributed by atoms with van der Waals surface area (Å²) in [5, 5.41) is 0. The van der Waals surface area contributed by atoms with Gasteiger partial charge in [0.2, 0.25) is 0 Å². The highest BCUT2D eigenvalue weighted by Gasteiger charge is 2.24. The second-order valence-corrected chi connectivity index (χ2v) is 7.20. The third kappa shape index (κ3) is 3.55. The smallest absolute Gasteiger partial charge is 0.255 e. The minimum absolute atomic E-state index is 0.100. The molecule has 3 heterocycles. The van der Waals surface area contributed by atoms with Crippen molar-refractivity contribution in [3.8, 4) is 0 Å². The molecule has 0 spiro atoms. The summed E-state index contributed by atoms with van der Waals surface area (Å²) in [6.45, 7) is 7.51. The first-order chi connectivity index (χ1) is 10.6. The van der Waals surface area contributed by atoms with Crippen LogP contribution in [0.1, 0.15) is 24.2 Å². The van der Waals surface area contributed by atoms with Crippen molar-refractivity contribution < 1.29 is 9.53 Å². The molecule has 0 bridgehead atoms. The predicted molar refractivity (Wildman–Crippen MR) is 89.7 cm³/mol. The number of anilines is 1. The fraction of sp³-hybridized carbons (Fsp3) is 0.625. The molecule has 1 aromatic rings. The molecule has 3 rings (SSSR count). The van der Waals surface area contributed by atoms with E-state index >= 15 is 0 Å². The summed E-state index contributed by atoms with van der Waals surface area (Å²) in [6, 6.07) is 3.86. The highest BCUT2D eigenvalue weighted by atomic mass is 32.2. The minimum atomic E-state index is 0.100. The quantitative estimate of drug-likeness (QED) is 0.832. The van der Waals surface area contributed by atoms with Crippen LogP contribution in [-0.2, 0) is 4.74 Å². The van der Waals surface area contributed by atoms with Gasteiger partial charge in [0.1, 0.15) is 5.82 Å². The van der Waals surface area contributed by atoms with E-state index in [2.05, 4.69) is 23.7 Å². The van der Waals surface area contributed by atoms with Gasteiger partial charge < -0.3 is 14.5 Å². The van der Waals surface area contributed by atoms with Crippen LogP contribution in [0.15, 0.2) is 18.3 Å². The van der Waals surface area contributed by atoms with E-state index in [-0.39, 0.29) is 18.1 Å². The van der Waals surface area contributed by atoms with Crippen LogP contribution in [0.4, 0.5) is 5.82 Å². The topological polar surface area (TPSA) is 45.7 Å². The average Bonchev–Trinajstić information content (AvgIpc) is 2.54. The molecular weight excluding hydrogens is 298 g/mol. The number of rotatable bonds is 2. The van der Waals surface area contributed by atoms with Crippen LogP contribution < -0.4 is 4.90 Å². The van der Waals surface area contributed by atoms with Crippen molar-refractivity contribution in [1.29, 1.82) is 0 Å². The summed E-state index contributed by atoms with van der Waals surface area (Å²) in [6.07, 6.45) is 2.12. The van der Waals surface area contributed by atoms with E-state index in [0.29, 0.717) is 5.56 Å². The molecular formula is C16H23N3O2S. The largest absolute Gasteiger partial charge is 0.372 e. The summed E-state index contributed by atoms with van der Waals surface area (Å²) < 4.78 is 5.75. The van der Waals surface area contributed by atoms with E-state index in [9.17, 15) is 4.79 Å². The third-order valence-corrected chi connectivity index (χ3v) is 4.98. The summed E-state index contributed by atoms with van der Waals surface area (Å²) in [4.78, 5) is 21.1. The monoisotopic (exact) mass is 321 g/mol. The zero-order valence-electron chi connectivity index (χ0n) is 13.2. The van der Waals surface area contributed by atoms with Crippen LogP contribution in [-0.4, -0.2) is 65.7 Å². The summed E-state index contributed by atoms with van der Waals surface area (Å²) in [5.74, 6) is 3.08. The Hall–Kier alpha value is -1.27. The molecule has 6 heteroatoms. The van der Waals surface area contributed by atoms with Crippen molar-refractivity contribution >= 4 is 23.5 Å². The van der Waals surface area contributed by atoms with Gasteiger partial charge in [0.15, 0.2) is 0 Å². The molecule has 2 aliphatic heterocycles.